The lowest BCUT2D eigenvalue weighted by molar-refractivity contribution is -0.0503. The second-order valence-electron chi connectivity index (χ2n) is 5.33. The van der Waals surface area contributed by atoms with Crippen LogP contribution in [0.1, 0.15) is 24.9 Å². The van der Waals surface area contributed by atoms with Gasteiger partial charge in [0.25, 0.3) is 0 Å². The van der Waals surface area contributed by atoms with Crippen LogP contribution < -0.4 is 15.4 Å². The Labute approximate surface area is 168 Å². The van der Waals surface area contributed by atoms with Crippen LogP contribution in [0.4, 0.5) is 17.6 Å². The van der Waals surface area contributed by atoms with Gasteiger partial charge < -0.3 is 15.4 Å². The smallest absolute Gasteiger partial charge is 0.387 e. The molecule has 0 aliphatic heterocycles. The fourth-order valence-electron chi connectivity index (χ4n) is 2.28. The zero-order valence-corrected chi connectivity index (χ0v) is 16.1. The van der Waals surface area contributed by atoms with Gasteiger partial charge in [-0.2, -0.15) is 17.6 Å². The molecular formula is C16H17Cl2F4N5O. The van der Waals surface area contributed by atoms with Crippen molar-refractivity contribution in [3.05, 3.63) is 46.0 Å². The van der Waals surface area contributed by atoms with Gasteiger partial charge in [-0.25, -0.2) is 9.98 Å². The Bertz CT molecular complexity index is 816. The van der Waals surface area contributed by atoms with E-state index in [1.54, 1.807) is 6.92 Å². The number of nitrogens with one attached hydrogen (secondary N) is 2. The van der Waals surface area contributed by atoms with Crippen molar-refractivity contribution in [2.24, 2.45) is 4.99 Å². The topological polar surface area (TPSA) is 63.5 Å². The van der Waals surface area contributed by atoms with Gasteiger partial charge in [-0.15, -0.1) is 0 Å². The monoisotopic (exact) mass is 441 g/mol. The van der Waals surface area contributed by atoms with E-state index >= 15 is 0 Å². The van der Waals surface area contributed by atoms with E-state index in [9.17, 15) is 17.6 Å². The minimum atomic E-state index is -3.07. The zero-order valence-electron chi connectivity index (χ0n) is 14.6. The van der Waals surface area contributed by atoms with E-state index in [4.69, 9.17) is 23.2 Å². The molecule has 0 unspecified atom stereocenters. The van der Waals surface area contributed by atoms with Gasteiger partial charge in [0, 0.05) is 29.5 Å². The molecule has 1 aromatic heterocycles. The lowest BCUT2D eigenvalue weighted by Crippen LogP contribution is -2.37. The van der Waals surface area contributed by atoms with Gasteiger partial charge in [0.05, 0.1) is 18.1 Å². The van der Waals surface area contributed by atoms with Gasteiger partial charge in [-0.1, -0.05) is 23.2 Å². The van der Waals surface area contributed by atoms with Crippen LogP contribution in [-0.2, 0) is 13.1 Å². The third kappa shape index (κ3) is 6.16. The fourth-order valence-corrected chi connectivity index (χ4v) is 2.86. The molecule has 28 heavy (non-hydrogen) atoms. The highest BCUT2D eigenvalue weighted by molar-refractivity contribution is 6.35. The van der Waals surface area contributed by atoms with Crippen molar-refractivity contribution in [2.45, 2.75) is 33.2 Å². The molecule has 1 aromatic carbocycles. The third-order valence-corrected chi connectivity index (χ3v) is 3.92. The SMILES string of the molecule is CCNC(=NCc1cc(Cl)cc(Cl)c1OC(F)F)NCc1nccn1C(F)F. The lowest BCUT2D eigenvalue weighted by Gasteiger charge is -2.14. The number of aromatic nitrogens is 2. The van der Waals surface area contributed by atoms with Crippen LogP contribution in [0.25, 0.3) is 0 Å². The number of rotatable bonds is 8. The minimum Gasteiger partial charge on any atom is -0.433 e. The molecule has 2 aromatic rings. The van der Waals surface area contributed by atoms with Crippen molar-refractivity contribution >= 4 is 29.2 Å². The summed E-state index contributed by atoms with van der Waals surface area (Å²) >= 11 is 11.8. The average Bonchev–Trinajstić information content (AvgIpc) is 3.08. The first-order valence-electron chi connectivity index (χ1n) is 8.06. The van der Waals surface area contributed by atoms with E-state index in [0.29, 0.717) is 11.1 Å². The maximum absolute atomic E-state index is 12.9. The summed E-state index contributed by atoms with van der Waals surface area (Å²) < 4.78 is 56.2. The maximum atomic E-state index is 12.9. The van der Waals surface area contributed by atoms with E-state index < -0.39 is 13.2 Å². The largest absolute Gasteiger partial charge is 0.433 e. The second-order valence-corrected chi connectivity index (χ2v) is 6.18. The summed E-state index contributed by atoms with van der Waals surface area (Å²) in [6.45, 7) is -3.63. The van der Waals surface area contributed by atoms with E-state index in [2.05, 4.69) is 25.3 Å². The summed E-state index contributed by atoms with van der Waals surface area (Å²) in [5.41, 5.74) is 0.240. The molecule has 2 N–H and O–H groups in total. The molecule has 0 spiro atoms. The first-order valence-corrected chi connectivity index (χ1v) is 8.82. The van der Waals surface area contributed by atoms with Gasteiger partial charge in [-0.05, 0) is 19.1 Å². The Morgan fingerprint density at radius 1 is 1.25 bits per heavy atom. The number of halogens is 6. The standard InChI is InChI=1S/C16H17Cl2F4N5O/c1-2-23-16(26-8-12-24-3-4-27(12)14(19)20)25-7-9-5-10(17)6-11(18)13(9)28-15(21)22/h3-6,14-15H,2,7-8H2,1H3,(H2,23,25,26). The van der Waals surface area contributed by atoms with Gasteiger partial charge in [-0.3, -0.25) is 4.57 Å². The summed E-state index contributed by atoms with van der Waals surface area (Å²) in [6.07, 6.45) is 2.42. The molecule has 0 atom stereocenters. The molecule has 6 nitrogen and oxygen atoms in total. The van der Waals surface area contributed by atoms with Gasteiger partial charge >= 0.3 is 13.2 Å². The predicted octanol–water partition coefficient (Wildman–Crippen LogP) is 4.44. The average molecular weight is 442 g/mol. The number of aliphatic imine (C=N–C) groups is 1. The highest BCUT2D eigenvalue weighted by Crippen LogP contribution is 2.34. The lowest BCUT2D eigenvalue weighted by atomic mass is 10.2. The number of hydrogen-bond acceptors (Lipinski definition) is 3. The van der Waals surface area contributed by atoms with Crippen LogP contribution in [0.5, 0.6) is 5.75 Å². The Balaban J connectivity index is 2.17. The van der Waals surface area contributed by atoms with Crippen molar-refractivity contribution in [1.82, 2.24) is 20.2 Å². The quantitative estimate of drug-likeness (QED) is 0.361. The molecular weight excluding hydrogens is 425 g/mol. The number of guanidine groups is 1. The van der Waals surface area contributed by atoms with Crippen LogP contribution in [0, 0.1) is 0 Å². The first-order chi connectivity index (χ1) is 13.3. The Morgan fingerprint density at radius 2 is 2.00 bits per heavy atom. The molecule has 2 rings (SSSR count). The molecule has 0 radical (unpaired) electrons. The second kappa shape index (κ2) is 10.4. The molecule has 0 aliphatic rings. The Kier molecular flexibility index (Phi) is 8.18. The number of imidazole rings is 1. The van der Waals surface area contributed by atoms with Crippen LogP contribution in [0.3, 0.4) is 0 Å². The maximum Gasteiger partial charge on any atom is 0.387 e. The number of benzene rings is 1. The number of hydrogen-bond donors (Lipinski definition) is 2. The molecule has 0 amide bonds. The number of ether oxygens (including phenoxy) is 1. The molecule has 0 aliphatic carbocycles. The van der Waals surface area contributed by atoms with Crippen molar-refractivity contribution < 1.29 is 22.3 Å². The molecule has 0 bridgehead atoms. The van der Waals surface area contributed by atoms with E-state index in [0.717, 1.165) is 6.20 Å². The summed E-state index contributed by atoms with van der Waals surface area (Å²) in [5, 5.41) is 5.91. The first kappa shape index (κ1) is 22.1. The highest BCUT2D eigenvalue weighted by atomic mass is 35.5. The molecule has 154 valence electrons. The summed E-state index contributed by atoms with van der Waals surface area (Å²) in [4.78, 5) is 8.09. The minimum absolute atomic E-state index is 0.0279. The van der Waals surface area contributed by atoms with Gasteiger partial charge in [0.1, 0.15) is 11.6 Å². The molecule has 12 heteroatoms. The van der Waals surface area contributed by atoms with Crippen LogP contribution >= 0.6 is 23.2 Å². The Morgan fingerprint density at radius 3 is 2.64 bits per heavy atom. The van der Waals surface area contributed by atoms with Crippen LogP contribution in [-0.4, -0.2) is 28.7 Å². The molecule has 1 heterocycles. The van der Waals surface area contributed by atoms with Crippen molar-refractivity contribution in [1.29, 1.82) is 0 Å². The van der Waals surface area contributed by atoms with E-state index in [-0.39, 0.29) is 46.2 Å². The summed E-state index contributed by atoms with van der Waals surface area (Å²) in [7, 11) is 0. The summed E-state index contributed by atoms with van der Waals surface area (Å²) in [6, 6.07) is 2.68. The fraction of sp³-hybridized carbons (Fsp3) is 0.375. The van der Waals surface area contributed by atoms with Gasteiger partial charge in [0.2, 0.25) is 0 Å². The number of nitrogens with zero attached hydrogens (tertiary/aromatic N) is 3. The summed E-state index contributed by atoms with van der Waals surface area (Å²) in [5.74, 6) is 0.132. The molecule has 0 saturated carbocycles. The van der Waals surface area contributed by atoms with Crippen LogP contribution in [0.15, 0.2) is 29.5 Å². The molecule has 0 fully saturated rings. The third-order valence-electron chi connectivity index (χ3n) is 3.42. The van der Waals surface area contributed by atoms with Gasteiger partial charge in [0.15, 0.2) is 5.96 Å². The van der Waals surface area contributed by atoms with E-state index in [1.165, 1.54) is 18.3 Å². The van der Waals surface area contributed by atoms with Crippen molar-refractivity contribution in [2.75, 3.05) is 6.54 Å². The van der Waals surface area contributed by atoms with Crippen LogP contribution in [0.2, 0.25) is 10.0 Å². The van der Waals surface area contributed by atoms with E-state index in [1.807, 2.05) is 0 Å². The van der Waals surface area contributed by atoms with Crippen molar-refractivity contribution in [3.8, 4) is 5.75 Å². The molecule has 0 saturated heterocycles. The predicted molar refractivity (Wildman–Crippen MR) is 98.2 cm³/mol. The number of alkyl halides is 4. The normalized spacial score (nSPS) is 12.0. The van der Waals surface area contributed by atoms with Crippen molar-refractivity contribution in [3.63, 3.8) is 0 Å². The Hall–Kier alpha value is -2.20. The zero-order chi connectivity index (χ0) is 20.7. The highest BCUT2D eigenvalue weighted by Gasteiger charge is 2.16.